The van der Waals surface area contributed by atoms with Crippen LogP contribution in [0.3, 0.4) is 0 Å². The Labute approximate surface area is 170 Å². The highest BCUT2D eigenvalue weighted by Crippen LogP contribution is 2.60. The van der Waals surface area contributed by atoms with Gasteiger partial charge in [-0.25, -0.2) is 4.98 Å². The molecule has 2 amide bonds. The van der Waals surface area contributed by atoms with Crippen LogP contribution in [0.5, 0.6) is 0 Å². The fraction of sp³-hybridized carbons (Fsp3) is 0.609. The predicted octanol–water partition coefficient (Wildman–Crippen LogP) is 3.71. The lowest BCUT2D eigenvalue weighted by molar-refractivity contribution is -0.160. The minimum Gasteiger partial charge on any atom is -0.330 e. The van der Waals surface area contributed by atoms with Gasteiger partial charge >= 0.3 is 0 Å². The highest BCUT2D eigenvalue weighted by atomic mass is 16.2. The van der Waals surface area contributed by atoms with Crippen LogP contribution in [0.2, 0.25) is 0 Å². The van der Waals surface area contributed by atoms with Crippen LogP contribution in [0, 0.1) is 23.2 Å². The Balaban J connectivity index is 1.21. The van der Waals surface area contributed by atoms with Crippen molar-refractivity contribution in [3.63, 3.8) is 0 Å². The van der Waals surface area contributed by atoms with Gasteiger partial charge in [-0.3, -0.25) is 14.9 Å². The minimum absolute atomic E-state index is 0.111. The Bertz CT molecular complexity index is 912. The van der Waals surface area contributed by atoms with Gasteiger partial charge in [0.05, 0.1) is 16.4 Å². The summed E-state index contributed by atoms with van der Waals surface area (Å²) < 4.78 is 0. The summed E-state index contributed by atoms with van der Waals surface area (Å²) in [4.78, 5) is 36.3. The van der Waals surface area contributed by atoms with Crippen LogP contribution in [0.25, 0.3) is 11.0 Å². The molecule has 5 aliphatic rings. The number of carbonyl (C=O) groups is 2. The van der Waals surface area contributed by atoms with E-state index < -0.39 is 0 Å². The quantitative estimate of drug-likeness (QED) is 0.836. The van der Waals surface area contributed by atoms with E-state index in [0.717, 1.165) is 60.9 Å². The molecule has 6 nitrogen and oxygen atoms in total. The molecular formula is C23H28N4O2. The Morgan fingerprint density at radius 3 is 2.45 bits per heavy atom. The number of hydrogen-bond acceptors (Lipinski definition) is 3. The van der Waals surface area contributed by atoms with Gasteiger partial charge in [-0.1, -0.05) is 12.1 Å². The number of amides is 2. The summed E-state index contributed by atoms with van der Waals surface area (Å²) in [5.74, 6) is 2.81. The van der Waals surface area contributed by atoms with Crippen molar-refractivity contribution in [2.24, 2.45) is 23.2 Å². The highest BCUT2D eigenvalue weighted by molar-refractivity contribution is 5.98. The van der Waals surface area contributed by atoms with E-state index in [-0.39, 0.29) is 23.3 Å². The Kier molecular flexibility index (Phi) is 3.81. The average Bonchev–Trinajstić information content (AvgIpc) is 3.32. The zero-order valence-electron chi connectivity index (χ0n) is 16.7. The number of rotatable bonds is 3. The fourth-order valence-electron chi connectivity index (χ4n) is 7.17. The summed E-state index contributed by atoms with van der Waals surface area (Å²) in [5.41, 5.74) is 1.54. The van der Waals surface area contributed by atoms with Gasteiger partial charge in [-0.15, -0.1) is 0 Å². The van der Waals surface area contributed by atoms with Crippen LogP contribution >= 0.6 is 0 Å². The van der Waals surface area contributed by atoms with Crippen LogP contribution < -0.4 is 5.32 Å². The molecule has 0 unspecified atom stereocenters. The van der Waals surface area contributed by atoms with E-state index in [1.54, 1.807) is 0 Å². The molecular weight excluding hydrogens is 364 g/mol. The lowest BCUT2D eigenvalue weighted by Gasteiger charge is -2.56. The summed E-state index contributed by atoms with van der Waals surface area (Å²) in [6.45, 7) is 0.707. The van der Waals surface area contributed by atoms with Crippen molar-refractivity contribution in [3.8, 4) is 0 Å². The van der Waals surface area contributed by atoms with Gasteiger partial charge in [-0.05, 0) is 81.3 Å². The fourth-order valence-corrected chi connectivity index (χ4v) is 7.17. The summed E-state index contributed by atoms with van der Waals surface area (Å²) in [6.07, 6.45) is 8.75. The van der Waals surface area contributed by atoms with E-state index in [2.05, 4.69) is 15.3 Å². The molecule has 7 rings (SSSR count). The van der Waals surface area contributed by atoms with Crippen LogP contribution in [0.15, 0.2) is 24.3 Å². The first kappa shape index (κ1) is 17.5. The van der Waals surface area contributed by atoms with Crippen LogP contribution in [0.1, 0.15) is 51.4 Å². The zero-order chi connectivity index (χ0) is 19.6. The van der Waals surface area contributed by atoms with E-state index >= 15 is 0 Å². The first-order chi connectivity index (χ1) is 14.1. The van der Waals surface area contributed by atoms with Gasteiger partial charge in [0.1, 0.15) is 6.04 Å². The second-order valence-corrected chi connectivity index (χ2v) is 9.95. The Morgan fingerprint density at radius 2 is 1.76 bits per heavy atom. The summed E-state index contributed by atoms with van der Waals surface area (Å²) >= 11 is 0. The molecule has 4 bridgehead atoms. The monoisotopic (exact) mass is 392 g/mol. The predicted molar refractivity (Wildman–Crippen MR) is 110 cm³/mol. The number of para-hydroxylation sites is 2. The van der Waals surface area contributed by atoms with Gasteiger partial charge in [0.15, 0.2) is 0 Å². The number of aromatic nitrogens is 2. The molecule has 1 aliphatic heterocycles. The molecule has 1 aromatic carbocycles. The molecule has 1 aromatic heterocycles. The lowest BCUT2D eigenvalue weighted by Crippen LogP contribution is -2.56. The molecule has 0 spiro atoms. The smallest absolute Gasteiger partial charge is 0.249 e. The number of nitrogens with zero attached hydrogens (tertiary/aromatic N) is 2. The van der Waals surface area contributed by atoms with Crippen LogP contribution in [0.4, 0.5) is 5.95 Å². The number of hydrogen-bond donors (Lipinski definition) is 2. The minimum atomic E-state index is -0.372. The molecule has 2 aromatic rings. The maximum atomic E-state index is 13.7. The second kappa shape index (κ2) is 6.31. The molecule has 1 atom stereocenters. The van der Waals surface area contributed by atoms with Gasteiger partial charge < -0.3 is 9.88 Å². The number of nitrogens with one attached hydrogen (secondary N) is 2. The number of H-pyrrole nitrogens is 1. The van der Waals surface area contributed by atoms with Crippen molar-refractivity contribution < 1.29 is 9.59 Å². The van der Waals surface area contributed by atoms with Crippen molar-refractivity contribution in [3.05, 3.63) is 24.3 Å². The molecule has 29 heavy (non-hydrogen) atoms. The first-order valence-electron chi connectivity index (χ1n) is 11.2. The Hall–Kier alpha value is -2.37. The second-order valence-electron chi connectivity index (χ2n) is 9.95. The first-order valence-corrected chi connectivity index (χ1v) is 11.2. The number of aromatic amines is 1. The molecule has 4 saturated carbocycles. The number of imidazole rings is 1. The Morgan fingerprint density at radius 1 is 1.07 bits per heavy atom. The van der Waals surface area contributed by atoms with E-state index in [1.807, 2.05) is 29.2 Å². The average molecular weight is 393 g/mol. The third-order valence-electron chi connectivity index (χ3n) is 7.94. The molecule has 5 fully saturated rings. The largest absolute Gasteiger partial charge is 0.330 e. The lowest BCUT2D eigenvalue weighted by atomic mass is 9.49. The van der Waals surface area contributed by atoms with Crippen LogP contribution in [-0.2, 0) is 9.59 Å². The summed E-state index contributed by atoms with van der Waals surface area (Å²) in [6, 6.07) is 7.35. The molecule has 2 heterocycles. The molecule has 2 N–H and O–H groups in total. The SMILES string of the molecule is O=C(Nc1nc2ccccc2[nH]1)[C@H]1CCCN1C(=O)C12CC3CC(CC(C3)C1)C2. The van der Waals surface area contributed by atoms with E-state index in [1.165, 1.54) is 19.3 Å². The third-order valence-corrected chi connectivity index (χ3v) is 7.94. The molecule has 0 radical (unpaired) electrons. The van der Waals surface area contributed by atoms with E-state index in [0.29, 0.717) is 12.5 Å². The molecule has 4 aliphatic carbocycles. The van der Waals surface area contributed by atoms with Gasteiger partial charge in [0.25, 0.3) is 0 Å². The zero-order valence-corrected chi connectivity index (χ0v) is 16.7. The topological polar surface area (TPSA) is 78.1 Å². The maximum Gasteiger partial charge on any atom is 0.249 e. The van der Waals surface area contributed by atoms with Crippen molar-refractivity contribution in [2.75, 3.05) is 11.9 Å². The number of benzene rings is 1. The number of anilines is 1. The van der Waals surface area contributed by atoms with E-state index in [4.69, 9.17) is 0 Å². The normalized spacial score (nSPS) is 35.4. The highest BCUT2D eigenvalue weighted by Gasteiger charge is 2.56. The van der Waals surface area contributed by atoms with Gasteiger partial charge in [-0.2, -0.15) is 0 Å². The number of fused-ring (bicyclic) bond motifs is 1. The van der Waals surface area contributed by atoms with Crippen molar-refractivity contribution >= 4 is 28.8 Å². The van der Waals surface area contributed by atoms with Crippen molar-refractivity contribution in [1.29, 1.82) is 0 Å². The molecule has 1 saturated heterocycles. The summed E-state index contributed by atoms with van der Waals surface area (Å²) in [5, 5.41) is 2.93. The van der Waals surface area contributed by atoms with Gasteiger partial charge in [0.2, 0.25) is 17.8 Å². The number of carbonyl (C=O) groups excluding carboxylic acids is 2. The maximum absolute atomic E-state index is 13.7. The van der Waals surface area contributed by atoms with Crippen LogP contribution in [-0.4, -0.2) is 39.3 Å². The van der Waals surface area contributed by atoms with E-state index in [9.17, 15) is 9.59 Å². The third kappa shape index (κ3) is 2.79. The van der Waals surface area contributed by atoms with Crippen molar-refractivity contribution in [2.45, 2.75) is 57.4 Å². The molecule has 152 valence electrons. The number of likely N-dealkylation sites (tertiary alicyclic amines) is 1. The summed E-state index contributed by atoms with van der Waals surface area (Å²) in [7, 11) is 0. The molecule has 6 heteroatoms. The standard InChI is InChI=1S/C23H28N4O2/c28-20(26-22-24-17-4-1-2-5-18(17)25-22)19-6-3-7-27(19)21(29)23-11-14-8-15(12-23)10-16(9-14)13-23/h1-2,4-5,14-16,19H,3,6-13H2,(H2,24,25,26,28)/t14?,15?,16?,19-,23?/m1/s1. The van der Waals surface area contributed by atoms with Gasteiger partial charge in [0, 0.05) is 6.54 Å². The van der Waals surface area contributed by atoms with Crippen molar-refractivity contribution in [1.82, 2.24) is 14.9 Å².